The van der Waals surface area contributed by atoms with Crippen LogP contribution in [0, 0.1) is 10.1 Å². The number of anilines is 3. The number of hydrogen-bond acceptors (Lipinski definition) is 7. The third-order valence-corrected chi connectivity index (χ3v) is 4.16. The maximum atomic E-state index is 13.3. The molecule has 0 unspecified atom stereocenters. The predicted octanol–water partition coefficient (Wildman–Crippen LogP) is 4.81. The fraction of sp³-hybridized carbons (Fsp3) is 0.118. The van der Waals surface area contributed by atoms with Crippen molar-refractivity contribution in [3.05, 3.63) is 69.5 Å². The third kappa shape index (κ3) is 5.56. The molecule has 0 aliphatic heterocycles. The van der Waals surface area contributed by atoms with Crippen LogP contribution < -0.4 is 9.80 Å². The number of nitro benzene ring substituents is 1. The van der Waals surface area contributed by atoms with Gasteiger partial charge in [-0.05, 0) is 12.1 Å². The van der Waals surface area contributed by atoms with Crippen LogP contribution in [0.5, 0.6) is 0 Å². The first-order valence-electron chi connectivity index (χ1n) is 8.43. The number of benzene rings is 1. The summed E-state index contributed by atoms with van der Waals surface area (Å²) in [5.41, 5.74) is -0.324. The Labute approximate surface area is 187 Å². The molecule has 1 aromatic carbocycles. The molecule has 2 aromatic heterocycles. The van der Waals surface area contributed by atoms with Gasteiger partial charge in [-0.3, -0.25) is 20.0 Å². The van der Waals surface area contributed by atoms with Gasteiger partial charge in [0.25, 0.3) is 5.69 Å². The van der Waals surface area contributed by atoms with E-state index in [4.69, 9.17) is 23.2 Å². The number of nitrogens with zero attached hydrogens (tertiary/aromatic N) is 7. The van der Waals surface area contributed by atoms with Gasteiger partial charge in [-0.1, -0.05) is 23.2 Å². The van der Waals surface area contributed by atoms with Gasteiger partial charge in [0.15, 0.2) is 11.6 Å². The van der Waals surface area contributed by atoms with Crippen molar-refractivity contribution < 1.29 is 22.9 Å². The van der Waals surface area contributed by atoms with E-state index in [9.17, 15) is 28.1 Å². The summed E-state index contributed by atoms with van der Waals surface area (Å²) in [5, 5.41) is 10.7. The number of non-ortho nitro benzene ring substituents is 1. The summed E-state index contributed by atoms with van der Waals surface area (Å²) < 4.78 is 39.9. The number of carbonyl (C=O) groups excluding carboxylic acids is 1. The summed E-state index contributed by atoms with van der Waals surface area (Å²) in [4.78, 5) is 39.8. The number of hydrogen-bond donors (Lipinski definition) is 0. The molecule has 0 bridgehead atoms. The van der Waals surface area contributed by atoms with E-state index in [2.05, 4.69) is 19.9 Å². The van der Waals surface area contributed by atoms with Crippen LogP contribution in [0.15, 0.2) is 49.1 Å². The number of carbonyl (C=O) groups is 1. The van der Waals surface area contributed by atoms with Gasteiger partial charge in [0.05, 0.1) is 35.4 Å². The predicted molar refractivity (Wildman–Crippen MR) is 108 cm³/mol. The average Bonchev–Trinajstić information content (AvgIpc) is 2.73. The van der Waals surface area contributed by atoms with E-state index in [-0.39, 0.29) is 32.4 Å². The van der Waals surface area contributed by atoms with E-state index >= 15 is 0 Å². The second kappa shape index (κ2) is 9.28. The second-order valence-corrected chi connectivity index (χ2v) is 6.76. The van der Waals surface area contributed by atoms with Crippen molar-refractivity contribution in [2.24, 2.45) is 0 Å². The summed E-state index contributed by atoms with van der Waals surface area (Å²) in [6, 6.07) is 3.24. The van der Waals surface area contributed by atoms with Crippen molar-refractivity contribution >= 4 is 52.2 Å². The van der Waals surface area contributed by atoms with Gasteiger partial charge in [-0.25, -0.2) is 24.6 Å². The van der Waals surface area contributed by atoms with Gasteiger partial charge in [0.2, 0.25) is 0 Å². The lowest BCUT2D eigenvalue weighted by Gasteiger charge is -2.29. The minimum absolute atomic E-state index is 0.0283. The van der Waals surface area contributed by atoms with Crippen LogP contribution in [-0.2, 0) is 0 Å². The summed E-state index contributed by atoms with van der Waals surface area (Å²) in [7, 11) is 0. The minimum atomic E-state index is -4.81. The van der Waals surface area contributed by atoms with Crippen molar-refractivity contribution in [3.63, 3.8) is 0 Å². The van der Waals surface area contributed by atoms with Gasteiger partial charge in [-0.15, -0.1) is 0 Å². The van der Waals surface area contributed by atoms with E-state index < -0.39 is 29.5 Å². The topological polar surface area (TPSA) is 118 Å². The second-order valence-electron chi connectivity index (χ2n) is 5.99. The zero-order valence-corrected chi connectivity index (χ0v) is 17.1. The van der Waals surface area contributed by atoms with Crippen LogP contribution in [0.2, 0.25) is 10.3 Å². The molecule has 2 heterocycles. The highest BCUT2D eigenvalue weighted by Crippen LogP contribution is 2.30. The number of rotatable bonds is 5. The molecule has 0 aliphatic carbocycles. The normalized spacial score (nSPS) is 11.2. The van der Waals surface area contributed by atoms with Crippen molar-refractivity contribution in [2.75, 3.05) is 16.3 Å². The zero-order chi connectivity index (χ0) is 23.5. The molecule has 0 spiro atoms. The summed E-state index contributed by atoms with van der Waals surface area (Å²) >= 11 is 11.5. The Bertz CT molecular complexity index is 1130. The molecule has 0 saturated carbocycles. The average molecular weight is 488 g/mol. The zero-order valence-electron chi connectivity index (χ0n) is 15.6. The maximum absolute atomic E-state index is 13.3. The van der Waals surface area contributed by atoms with Crippen molar-refractivity contribution in [1.82, 2.24) is 19.9 Å². The highest BCUT2D eigenvalue weighted by Gasteiger charge is 2.38. The fourth-order valence-electron chi connectivity index (χ4n) is 2.49. The molecule has 2 amide bonds. The molecule has 32 heavy (non-hydrogen) atoms. The van der Waals surface area contributed by atoms with Crippen LogP contribution in [-0.4, -0.2) is 43.6 Å². The van der Waals surface area contributed by atoms with Gasteiger partial charge >= 0.3 is 12.2 Å². The third-order valence-electron chi connectivity index (χ3n) is 3.78. The van der Waals surface area contributed by atoms with E-state index in [1.165, 1.54) is 12.1 Å². The molecule has 3 aromatic rings. The molecule has 0 fully saturated rings. The van der Waals surface area contributed by atoms with E-state index in [1.807, 2.05) is 0 Å². The lowest BCUT2D eigenvalue weighted by Crippen LogP contribution is -2.46. The van der Waals surface area contributed by atoms with Gasteiger partial charge in [0.1, 0.15) is 16.9 Å². The van der Waals surface area contributed by atoms with Gasteiger partial charge in [0, 0.05) is 12.1 Å². The molecule has 0 radical (unpaired) electrons. The Morgan fingerprint density at radius 3 is 2.22 bits per heavy atom. The van der Waals surface area contributed by atoms with Crippen LogP contribution in [0.25, 0.3) is 0 Å². The quantitative estimate of drug-likeness (QED) is 0.374. The monoisotopic (exact) mass is 487 g/mol. The Kier molecular flexibility index (Phi) is 6.69. The van der Waals surface area contributed by atoms with Gasteiger partial charge < -0.3 is 0 Å². The first-order chi connectivity index (χ1) is 15.0. The van der Waals surface area contributed by atoms with Crippen LogP contribution in [0.4, 0.5) is 41.0 Å². The maximum Gasteiger partial charge on any atom is 0.406 e. The van der Waals surface area contributed by atoms with E-state index in [1.54, 1.807) is 0 Å². The molecule has 3 rings (SSSR count). The first-order valence-corrected chi connectivity index (χ1v) is 9.18. The molecule has 0 aliphatic rings. The lowest BCUT2D eigenvalue weighted by atomic mass is 10.2. The summed E-state index contributed by atoms with van der Waals surface area (Å²) in [6.07, 6.45) is -0.670. The fourth-order valence-corrected chi connectivity index (χ4v) is 2.73. The lowest BCUT2D eigenvalue weighted by molar-refractivity contribution is -0.384. The standard InChI is InChI=1S/C17H10Cl2F3N7O3/c18-12-6-25-14(8-24-12)28(10-1-3-11(4-2-10)29(31)32)16(30)27(9-17(20,21)22)15-7-23-5-13(19)26-15/h1-8H,9H2. The Balaban J connectivity index is 2.12. The number of halogens is 5. The smallest absolute Gasteiger partial charge is 0.267 e. The molecule has 10 nitrogen and oxygen atoms in total. The number of amides is 2. The first kappa shape index (κ1) is 23.1. The molecule has 166 valence electrons. The molecule has 0 saturated heterocycles. The largest absolute Gasteiger partial charge is 0.406 e. The number of alkyl halides is 3. The molecular weight excluding hydrogens is 478 g/mol. The van der Waals surface area contributed by atoms with Crippen molar-refractivity contribution in [3.8, 4) is 0 Å². The summed E-state index contributed by atoms with van der Waals surface area (Å²) in [6.45, 7) is -1.73. The van der Waals surface area contributed by atoms with E-state index in [0.717, 1.165) is 41.8 Å². The Morgan fingerprint density at radius 2 is 1.69 bits per heavy atom. The number of urea groups is 1. The highest BCUT2D eigenvalue weighted by molar-refractivity contribution is 6.29. The van der Waals surface area contributed by atoms with E-state index in [0.29, 0.717) is 0 Å². The van der Waals surface area contributed by atoms with Crippen molar-refractivity contribution in [1.29, 1.82) is 0 Å². The van der Waals surface area contributed by atoms with Crippen LogP contribution in [0.1, 0.15) is 0 Å². The molecular formula is C17H10Cl2F3N7O3. The SMILES string of the molecule is O=C(N(CC(F)(F)F)c1cncc(Cl)n1)N(c1ccc([N+](=O)[O-])cc1)c1cnc(Cl)cn1. The van der Waals surface area contributed by atoms with Crippen molar-refractivity contribution in [2.45, 2.75) is 6.18 Å². The molecule has 15 heteroatoms. The number of aromatic nitrogens is 4. The minimum Gasteiger partial charge on any atom is -0.267 e. The van der Waals surface area contributed by atoms with Crippen LogP contribution >= 0.6 is 23.2 Å². The molecule has 0 atom stereocenters. The Hall–Kier alpha value is -3.58. The molecule has 0 N–H and O–H groups in total. The van der Waals surface area contributed by atoms with Gasteiger partial charge in [-0.2, -0.15) is 13.2 Å². The van der Waals surface area contributed by atoms with Crippen LogP contribution in [0.3, 0.4) is 0 Å². The summed E-state index contributed by atoms with van der Waals surface area (Å²) in [5.74, 6) is -0.677. The number of nitro groups is 1. The highest BCUT2D eigenvalue weighted by atomic mass is 35.5. The Morgan fingerprint density at radius 1 is 1.00 bits per heavy atom.